The zero-order valence-corrected chi connectivity index (χ0v) is 11.8. The highest BCUT2D eigenvalue weighted by Gasteiger charge is 2.09. The van der Waals surface area contributed by atoms with Gasteiger partial charge in [-0.1, -0.05) is 22.0 Å². The number of aromatic nitrogens is 1. The van der Waals surface area contributed by atoms with E-state index in [0.29, 0.717) is 17.1 Å². The molecule has 0 spiro atoms. The molecule has 98 valence electrons. The Morgan fingerprint density at radius 3 is 2.84 bits per heavy atom. The Balaban J connectivity index is 2.24. The van der Waals surface area contributed by atoms with Crippen LogP contribution >= 0.6 is 15.9 Å². The van der Waals surface area contributed by atoms with E-state index < -0.39 is 5.97 Å². The minimum Gasteiger partial charge on any atom is -0.465 e. The van der Waals surface area contributed by atoms with Gasteiger partial charge in [-0.15, -0.1) is 0 Å². The van der Waals surface area contributed by atoms with E-state index in [4.69, 9.17) is 5.73 Å². The van der Waals surface area contributed by atoms with Crippen molar-refractivity contribution in [1.82, 2.24) is 4.98 Å². The minimum atomic E-state index is -0.465. The van der Waals surface area contributed by atoms with Crippen LogP contribution in [-0.2, 0) is 4.74 Å². The number of halogens is 1. The van der Waals surface area contributed by atoms with Crippen molar-refractivity contribution in [2.24, 2.45) is 0 Å². The van der Waals surface area contributed by atoms with Crippen molar-refractivity contribution in [3.63, 3.8) is 0 Å². The molecule has 1 heterocycles. The van der Waals surface area contributed by atoms with E-state index in [9.17, 15) is 4.79 Å². The number of carbonyl (C=O) groups excluding carboxylic acids is 1. The molecule has 1 aromatic heterocycles. The summed E-state index contributed by atoms with van der Waals surface area (Å²) in [5, 5.41) is 3.08. The summed E-state index contributed by atoms with van der Waals surface area (Å²) in [5.41, 5.74) is 7.40. The van der Waals surface area contributed by atoms with Crippen molar-refractivity contribution in [2.45, 2.75) is 0 Å². The molecule has 1 aromatic carbocycles. The maximum absolute atomic E-state index is 11.3. The Kier molecular flexibility index (Phi) is 4.01. The molecule has 0 saturated heterocycles. The second kappa shape index (κ2) is 5.71. The van der Waals surface area contributed by atoms with E-state index >= 15 is 0 Å². The predicted octanol–water partition coefficient (Wildman–Crippen LogP) is 2.96. The first kappa shape index (κ1) is 13.4. The normalized spacial score (nSPS) is 10.0. The van der Waals surface area contributed by atoms with Gasteiger partial charge in [0, 0.05) is 16.4 Å². The summed E-state index contributed by atoms with van der Waals surface area (Å²) in [7, 11) is 1.31. The third-order valence-electron chi connectivity index (χ3n) is 2.43. The smallest absolute Gasteiger partial charge is 0.339 e. The number of esters is 1. The summed E-state index contributed by atoms with van der Waals surface area (Å²) in [6, 6.07) is 9.13. The van der Waals surface area contributed by atoms with Crippen molar-refractivity contribution in [3.05, 3.63) is 46.6 Å². The van der Waals surface area contributed by atoms with Crippen molar-refractivity contribution >= 4 is 39.1 Å². The van der Waals surface area contributed by atoms with E-state index in [1.807, 2.05) is 24.3 Å². The van der Waals surface area contributed by atoms with Gasteiger partial charge in [-0.3, -0.25) is 0 Å². The molecule has 0 aliphatic rings. The Morgan fingerprint density at radius 2 is 2.21 bits per heavy atom. The molecule has 0 saturated carbocycles. The third-order valence-corrected chi connectivity index (χ3v) is 2.92. The topological polar surface area (TPSA) is 77.2 Å². The van der Waals surface area contributed by atoms with Gasteiger partial charge in [-0.05, 0) is 24.3 Å². The molecular formula is C13H12BrN3O2. The molecule has 2 aromatic rings. The number of benzene rings is 1. The number of rotatable bonds is 3. The molecule has 5 nitrogen and oxygen atoms in total. The average Bonchev–Trinajstić information content (AvgIpc) is 2.40. The second-order valence-corrected chi connectivity index (χ2v) is 4.70. The fourth-order valence-corrected chi connectivity index (χ4v) is 1.92. The van der Waals surface area contributed by atoms with Crippen molar-refractivity contribution in [2.75, 3.05) is 18.2 Å². The SMILES string of the molecule is COC(=O)c1cnc(Nc2cccc(Br)c2)c(N)c1. The van der Waals surface area contributed by atoms with Crippen LogP contribution in [0.4, 0.5) is 17.2 Å². The number of nitrogens with one attached hydrogen (secondary N) is 1. The maximum Gasteiger partial charge on any atom is 0.339 e. The minimum absolute atomic E-state index is 0.319. The number of anilines is 3. The maximum atomic E-state index is 11.3. The van der Waals surface area contributed by atoms with Gasteiger partial charge in [0.25, 0.3) is 0 Å². The summed E-state index contributed by atoms with van der Waals surface area (Å²) in [5.74, 6) is 0.0268. The fraction of sp³-hybridized carbons (Fsp3) is 0.0769. The van der Waals surface area contributed by atoms with Crippen LogP contribution < -0.4 is 11.1 Å². The number of nitrogen functional groups attached to an aromatic ring is 1. The van der Waals surface area contributed by atoms with Crippen LogP contribution in [0.1, 0.15) is 10.4 Å². The monoisotopic (exact) mass is 321 g/mol. The lowest BCUT2D eigenvalue weighted by molar-refractivity contribution is 0.0600. The number of carbonyl (C=O) groups is 1. The van der Waals surface area contributed by atoms with Gasteiger partial charge in [-0.25, -0.2) is 9.78 Å². The standard InChI is InChI=1S/C13H12BrN3O2/c1-19-13(18)8-5-11(15)12(16-7-8)17-10-4-2-3-9(14)6-10/h2-7H,15H2,1H3,(H,16,17). The molecule has 0 radical (unpaired) electrons. The number of ether oxygens (including phenoxy) is 1. The van der Waals surface area contributed by atoms with Gasteiger partial charge in [0.05, 0.1) is 18.4 Å². The zero-order chi connectivity index (χ0) is 13.8. The van der Waals surface area contributed by atoms with Crippen LogP contribution in [0.2, 0.25) is 0 Å². The van der Waals surface area contributed by atoms with Crippen LogP contribution in [0.5, 0.6) is 0 Å². The Hall–Kier alpha value is -2.08. The molecule has 6 heteroatoms. The summed E-state index contributed by atoms with van der Waals surface area (Å²) in [4.78, 5) is 15.5. The van der Waals surface area contributed by atoms with E-state index in [0.717, 1.165) is 10.2 Å². The molecule has 2 rings (SSSR count). The second-order valence-electron chi connectivity index (χ2n) is 3.79. The number of hydrogen-bond acceptors (Lipinski definition) is 5. The van der Waals surface area contributed by atoms with Crippen molar-refractivity contribution < 1.29 is 9.53 Å². The van der Waals surface area contributed by atoms with Crippen LogP contribution in [0.15, 0.2) is 41.0 Å². The van der Waals surface area contributed by atoms with Crippen molar-refractivity contribution in [3.8, 4) is 0 Å². The number of methoxy groups -OCH3 is 1. The molecule has 0 amide bonds. The van der Waals surface area contributed by atoms with E-state index in [2.05, 4.69) is 31.0 Å². The Bertz CT molecular complexity index is 617. The lowest BCUT2D eigenvalue weighted by atomic mass is 10.2. The third kappa shape index (κ3) is 3.23. The lowest BCUT2D eigenvalue weighted by Gasteiger charge is -2.09. The summed E-state index contributed by atoms with van der Waals surface area (Å²) in [6.07, 6.45) is 1.42. The summed E-state index contributed by atoms with van der Waals surface area (Å²) >= 11 is 3.38. The molecule has 0 atom stereocenters. The average molecular weight is 322 g/mol. The number of pyridine rings is 1. The largest absolute Gasteiger partial charge is 0.465 e. The van der Waals surface area contributed by atoms with Crippen molar-refractivity contribution in [1.29, 1.82) is 0 Å². The first-order chi connectivity index (χ1) is 9.10. The van der Waals surface area contributed by atoms with Gasteiger partial charge < -0.3 is 15.8 Å². The lowest BCUT2D eigenvalue weighted by Crippen LogP contribution is -2.05. The van der Waals surface area contributed by atoms with Crippen LogP contribution in [0, 0.1) is 0 Å². The zero-order valence-electron chi connectivity index (χ0n) is 10.2. The molecule has 0 aliphatic carbocycles. The summed E-state index contributed by atoms with van der Waals surface area (Å²) < 4.78 is 5.55. The molecule has 19 heavy (non-hydrogen) atoms. The van der Waals surface area contributed by atoms with Crippen LogP contribution in [0.25, 0.3) is 0 Å². The highest BCUT2D eigenvalue weighted by atomic mass is 79.9. The molecule has 3 N–H and O–H groups in total. The first-order valence-corrected chi connectivity index (χ1v) is 6.26. The molecular weight excluding hydrogens is 310 g/mol. The highest BCUT2D eigenvalue weighted by Crippen LogP contribution is 2.23. The Morgan fingerprint density at radius 1 is 1.42 bits per heavy atom. The predicted molar refractivity (Wildman–Crippen MR) is 77.4 cm³/mol. The summed E-state index contributed by atoms with van der Waals surface area (Å²) in [6.45, 7) is 0. The van der Waals surface area contributed by atoms with Gasteiger partial charge in [0.15, 0.2) is 5.82 Å². The van der Waals surface area contributed by atoms with Gasteiger partial charge >= 0.3 is 5.97 Å². The van der Waals surface area contributed by atoms with Gasteiger partial charge in [0.1, 0.15) is 0 Å². The Labute approximate surface area is 118 Å². The van der Waals surface area contributed by atoms with E-state index in [-0.39, 0.29) is 0 Å². The van der Waals surface area contributed by atoms with Crippen LogP contribution in [0.3, 0.4) is 0 Å². The fourth-order valence-electron chi connectivity index (χ4n) is 1.52. The number of hydrogen-bond donors (Lipinski definition) is 2. The molecule has 0 fully saturated rings. The number of nitrogens with two attached hydrogens (primary N) is 1. The first-order valence-electron chi connectivity index (χ1n) is 5.46. The van der Waals surface area contributed by atoms with Gasteiger partial charge in [-0.2, -0.15) is 0 Å². The molecule has 0 bridgehead atoms. The van der Waals surface area contributed by atoms with Crippen LogP contribution in [-0.4, -0.2) is 18.1 Å². The molecule has 0 aliphatic heterocycles. The molecule has 0 unspecified atom stereocenters. The highest BCUT2D eigenvalue weighted by molar-refractivity contribution is 9.10. The van der Waals surface area contributed by atoms with E-state index in [1.54, 1.807) is 0 Å². The van der Waals surface area contributed by atoms with E-state index in [1.165, 1.54) is 19.4 Å². The number of nitrogens with zero attached hydrogens (tertiary/aromatic N) is 1. The van der Waals surface area contributed by atoms with Gasteiger partial charge in [0.2, 0.25) is 0 Å². The quantitative estimate of drug-likeness (QED) is 0.850.